The summed E-state index contributed by atoms with van der Waals surface area (Å²) in [5.41, 5.74) is -1.72. The van der Waals surface area contributed by atoms with Gasteiger partial charge < -0.3 is 5.11 Å². The number of halogens is 3. The second-order valence-electron chi connectivity index (χ2n) is 6.23. The quantitative estimate of drug-likeness (QED) is 0.686. The van der Waals surface area contributed by atoms with Crippen molar-refractivity contribution >= 4 is 5.69 Å². The molecule has 0 radical (unpaired) electrons. The molecule has 1 heterocycles. The van der Waals surface area contributed by atoms with Crippen LogP contribution in [0.25, 0.3) is 0 Å². The normalized spacial score (nSPS) is 20.5. The Bertz CT molecular complexity index is 626. The molecule has 1 saturated heterocycles. The minimum atomic E-state index is -4.83. The number of phenolic OH excluding ortho intramolecular Hbond substituents is 1. The van der Waals surface area contributed by atoms with E-state index < -0.39 is 28.1 Å². The van der Waals surface area contributed by atoms with Crippen molar-refractivity contribution < 1.29 is 23.2 Å². The summed E-state index contributed by atoms with van der Waals surface area (Å²) in [6, 6.07) is 1.84. The van der Waals surface area contributed by atoms with E-state index in [0.717, 1.165) is 44.5 Å². The number of hydrogen-bond acceptors (Lipinski definition) is 4. The van der Waals surface area contributed by atoms with E-state index in [-0.39, 0.29) is 12.1 Å². The van der Waals surface area contributed by atoms with Crippen molar-refractivity contribution in [1.29, 1.82) is 0 Å². The summed E-state index contributed by atoms with van der Waals surface area (Å²) in [6.07, 6.45) is -1.51. The third-order valence-electron chi connectivity index (χ3n) is 4.53. The third kappa shape index (κ3) is 2.75. The molecule has 5 nitrogen and oxygen atoms in total. The minimum Gasteiger partial charge on any atom is -0.502 e. The zero-order chi connectivity index (χ0) is 16.1. The fourth-order valence-electron chi connectivity index (χ4n) is 3.13. The summed E-state index contributed by atoms with van der Waals surface area (Å²) in [4.78, 5) is 11.9. The Morgan fingerprint density at radius 1 is 1.32 bits per heavy atom. The van der Waals surface area contributed by atoms with E-state index in [1.807, 2.05) is 4.90 Å². The van der Waals surface area contributed by atoms with E-state index in [9.17, 15) is 28.4 Å². The SMILES string of the molecule is O=[N+]([O-])c1cc(CN2CCC3(CC3)C2)cc(C(F)(F)F)c1O. The highest BCUT2D eigenvalue weighted by molar-refractivity contribution is 5.54. The lowest BCUT2D eigenvalue weighted by molar-refractivity contribution is -0.386. The predicted octanol–water partition coefficient (Wildman–Crippen LogP) is 3.31. The largest absolute Gasteiger partial charge is 0.502 e. The third-order valence-corrected chi connectivity index (χ3v) is 4.53. The van der Waals surface area contributed by atoms with Gasteiger partial charge in [-0.2, -0.15) is 13.2 Å². The van der Waals surface area contributed by atoms with Gasteiger partial charge in [-0.15, -0.1) is 0 Å². The van der Waals surface area contributed by atoms with Crippen molar-refractivity contribution in [3.63, 3.8) is 0 Å². The molecule has 1 saturated carbocycles. The summed E-state index contributed by atoms with van der Waals surface area (Å²) in [5, 5.41) is 20.4. The van der Waals surface area contributed by atoms with Crippen LogP contribution in [-0.4, -0.2) is 28.0 Å². The van der Waals surface area contributed by atoms with E-state index in [0.29, 0.717) is 5.41 Å². The van der Waals surface area contributed by atoms with Crippen LogP contribution in [0.3, 0.4) is 0 Å². The summed E-state index contributed by atoms with van der Waals surface area (Å²) in [7, 11) is 0. The van der Waals surface area contributed by atoms with Crippen LogP contribution in [0.15, 0.2) is 12.1 Å². The molecule has 1 aliphatic carbocycles. The molecule has 0 bridgehead atoms. The number of likely N-dealkylation sites (tertiary alicyclic amines) is 1. The lowest BCUT2D eigenvalue weighted by atomic mass is 10.1. The summed E-state index contributed by atoms with van der Waals surface area (Å²) < 4.78 is 38.8. The van der Waals surface area contributed by atoms with Gasteiger partial charge in [-0.1, -0.05) is 0 Å². The van der Waals surface area contributed by atoms with Crippen molar-refractivity contribution in [2.24, 2.45) is 5.41 Å². The highest BCUT2D eigenvalue weighted by Crippen LogP contribution is 2.53. The first kappa shape index (κ1) is 15.1. The first-order valence-corrected chi connectivity index (χ1v) is 7.00. The second kappa shape index (κ2) is 4.84. The molecule has 0 unspecified atom stereocenters. The maximum absolute atomic E-state index is 12.9. The maximum atomic E-state index is 12.9. The molecule has 120 valence electrons. The van der Waals surface area contributed by atoms with Gasteiger partial charge in [0.25, 0.3) is 0 Å². The molecule has 22 heavy (non-hydrogen) atoms. The molecular formula is C14H15F3N2O3. The highest BCUT2D eigenvalue weighted by atomic mass is 19.4. The van der Waals surface area contributed by atoms with Crippen molar-refractivity contribution in [3.05, 3.63) is 33.4 Å². The molecular weight excluding hydrogens is 301 g/mol. The topological polar surface area (TPSA) is 66.6 Å². The van der Waals surface area contributed by atoms with E-state index in [2.05, 4.69) is 0 Å². The van der Waals surface area contributed by atoms with Gasteiger partial charge in [-0.05, 0) is 42.9 Å². The van der Waals surface area contributed by atoms with Gasteiger partial charge in [0.2, 0.25) is 5.75 Å². The zero-order valence-corrected chi connectivity index (χ0v) is 11.7. The Balaban J connectivity index is 1.90. The molecule has 1 aromatic carbocycles. The van der Waals surface area contributed by atoms with E-state index in [4.69, 9.17) is 0 Å². The van der Waals surface area contributed by atoms with Gasteiger partial charge in [-0.3, -0.25) is 15.0 Å². The number of alkyl halides is 3. The zero-order valence-electron chi connectivity index (χ0n) is 11.7. The Hall–Kier alpha value is -1.83. The van der Waals surface area contributed by atoms with Crippen molar-refractivity contribution in [1.82, 2.24) is 4.90 Å². The molecule has 0 amide bonds. The predicted molar refractivity (Wildman–Crippen MR) is 71.3 cm³/mol. The standard InChI is InChI=1S/C14H15F3N2O3/c15-14(16,17)10-5-9(6-11(12(10)20)19(21)22)7-18-4-3-13(8-18)1-2-13/h5-6,20H,1-4,7-8H2. The van der Waals surface area contributed by atoms with Crippen LogP contribution < -0.4 is 0 Å². The van der Waals surface area contributed by atoms with E-state index in [1.54, 1.807) is 0 Å². The molecule has 1 N–H and O–H groups in total. The average molecular weight is 316 g/mol. The van der Waals surface area contributed by atoms with Gasteiger partial charge in [0.05, 0.1) is 4.92 Å². The Morgan fingerprint density at radius 3 is 2.50 bits per heavy atom. The number of rotatable bonds is 3. The van der Waals surface area contributed by atoms with Crippen LogP contribution in [0.1, 0.15) is 30.4 Å². The van der Waals surface area contributed by atoms with Crippen LogP contribution >= 0.6 is 0 Å². The fraction of sp³-hybridized carbons (Fsp3) is 0.571. The number of nitro groups is 1. The van der Waals surface area contributed by atoms with Crippen LogP contribution in [0.4, 0.5) is 18.9 Å². The molecule has 8 heteroatoms. The van der Waals surface area contributed by atoms with Crippen molar-refractivity contribution in [2.45, 2.75) is 32.0 Å². The number of nitro benzene ring substituents is 1. The van der Waals surface area contributed by atoms with Gasteiger partial charge in [-0.25, -0.2) is 0 Å². The summed E-state index contributed by atoms with van der Waals surface area (Å²) in [6.45, 7) is 1.84. The van der Waals surface area contributed by atoms with Crippen LogP contribution in [-0.2, 0) is 12.7 Å². The lowest BCUT2D eigenvalue weighted by Crippen LogP contribution is -2.21. The maximum Gasteiger partial charge on any atom is 0.420 e. The first-order chi connectivity index (χ1) is 10.2. The monoisotopic (exact) mass is 316 g/mol. The number of benzene rings is 1. The van der Waals surface area contributed by atoms with E-state index in [1.165, 1.54) is 0 Å². The van der Waals surface area contributed by atoms with Crippen LogP contribution in [0.5, 0.6) is 5.75 Å². The fourth-order valence-corrected chi connectivity index (χ4v) is 3.13. The number of aromatic hydroxyl groups is 1. The number of nitrogens with zero attached hydrogens (tertiary/aromatic N) is 2. The summed E-state index contributed by atoms with van der Waals surface area (Å²) in [5.74, 6) is -1.32. The molecule has 3 rings (SSSR count). The van der Waals surface area contributed by atoms with Crippen LogP contribution in [0, 0.1) is 15.5 Å². The summed E-state index contributed by atoms with van der Waals surface area (Å²) >= 11 is 0. The van der Waals surface area contributed by atoms with Gasteiger partial charge in [0.1, 0.15) is 5.56 Å². The minimum absolute atomic E-state index is 0.203. The molecule has 0 aromatic heterocycles. The average Bonchev–Trinajstić information content (AvgIpc) is 3.03. The number of hydrogen-bond donors (Lipinski definition) is 1. The molecule has 1 aromatic rings. The van der Waals surface area contributed by atoms with Crippen molar-refractivity contribution in [2.75, 3.05) is 13.1 Å². The van der Waals surface area contributed by atoms with Crippen LogP contribution in [0.2, 0.25) is 0 Å². The Morgan fingerprint density at radius 2 is 2.00 bits per heavy atom. The molecule has 2 fully saturated rings. The second-order valence-corrected chi connectivity index (χ2v) is 6.23. The number of phenols is 1. The van der Waals surface area contributed by atoms with Gasteiger partial charge in [0.15, 0.2) is 0 Å². The van der Waals surface area contributed by atoms with Gasteiger partial charge >= 0.3 is 11.9 Å². The molecule has 1 spiro atoms. The molecule has 0 atom stereocenters. The molecule has 2 aliphatic rings. The highest BCUT2D eigenvalue weighted by Gasteiger charge is 2.47. The first-order valence-electron chi connectivity index (χ1n) is 7.00. The Kier molecular flexibility index (Phi) is 3.32. The smallest absolute Gasteiger partial charge is 0.420 e. The van der Waals surface area contributed by atoms with Gasteiger partial charge in [0, 0.05) is 19.2 Å². The van der Waals surface area contributed by atoms with E-state index >= 15 is 0 Å². The lowest BCUT2D eigenvalue weighted by Gasteiger charge is -2.17. The molecule has 1 aliphatic heterocycles. The van der Waals surface area contributed by atoms with Crippen molar-refractivity contribution in [3.8, 4) is 5.75 Å². The Labute approximate surface area is 124 Å².